The summed E-state index contributed by atoms with van der Waals surface area (Å²) in [6.07, 6.45) is 2.06. The van der Waals surface area contributed by atoms with E-state index in [-0.39, 0.29) is 27.8 Å². The Kier molecular flexibility index (Phi) is 6.50. The highest BCUT2D eigenvalue weighted by atomic mass is 32.1. The van der Waals surface area contributed by atoms with Crippen molar-refractivity contribution in [3.05, 3.63) is 51.8 Å². The first-order chi connectivity index (χ1) is 14.3. The van der Waals surface area contributed by atoms with Crippen molar-refractivity contribution in [2.45, 2.75) is 26.3 Å². The number of ketones is 1. The van der Waals surface area contributed by atoms with E-state index in [4.69, 9.17) is 5.73 Å². The van der Waals surface area contributed by atoms with Gasteiger partial charge in [-0.15, -0.1) is 22.7 Å². The molecule has 3 heterocycles. The van der Waals surface area contributed by atoms with Gasteiger partial charge in [0.15, 0.2) is 0 Å². The van der Waals surface area contributed by atoms with Gasteiger partial charge in [-0.3, -0.25) is 9.78 Å². The number of carboxylic acid groups (broad SMARTS) is 1. The lowest BCUT2D eigenvalue weighted by molar-refractivity contribution is -0.138. The number of nitrogens with one attached hydrogen (secondary N) is 1. The summed E-state index contributed by atoms with van der Waals surface area (Å²) in [6, 6.07) is 10.2. The van der Waals surface area contributed by atoms with Crippen LogP contribution in [0.25, 0.3) is 10.6 Å². The molecule has 9 heteroatoms. The van der Waals surface area contributed by atoms with Crippen LogP contribution in [0.15, 0.2) is 36.5 Å². The third-order valence-corrected chi connectivity index (χ3v) is 6.56. The number of nitrogens with two attached hydrogens (primary N) is 1. The number of aliphatic carboxylic acids is 1. The Hall–Kier alpha value is -3.22. The van der Waals surface area contributed by atoms with Crippen LogP contribution in [0.4, 0.5) is 10.7 Å². The van der Waals surface area contributed by atoms with Gasteiger partial charge in [0.25, 0.3) is 0 Å². The molecular weight excluding hydrogens is 420 g/mol. The van der Waals surface area contributed by atoms with E-state index >= 15 is 0 Å². The number of pyridine rings is 1. The summed E-state index contributed by atoms with van der Waals surface area (Å²) in [5, 5.41) is 22.2. The smallest absolute Gasteiger partial charge is 0.326 e. The van der Waals surface area contributed by atoms with Gasteiger partial charge in [0.1, 0.15) is 27.6 Å². The molecule has 0 aliphatic rings. The Morgan fingerprint density at radius 2 is 2.03 bits per heavy atom. The number of aromatic nitrogens is 1. The first kappa shape index (κ1) is 21.5. The Morgan fingerprint density at radius 3 is 2.63 bits per heavy atom. The van der Waals surface area contributed by atoms with Gasteiger partial charge in [-0.1, -0.05) is 19.9 Å². The number of hydrogen-bond acceptors (Lipinski definition) is 8. The maximum atomic E-state index is 13.1. The van der Waals surface area contributed by atoms with E-state index < -0.39 is 12.0 Å². The number of thiophene rings is 2. The highest BCUT2D eigenvalue weighted by Crippen LogP contribution is 2.39. The average molecular weight is 441 g/mol. The minimum absolute atomic E-state index is 0.0662. The number of nitrogen functional groups attached to an aromatic ring is 1. The van der Waals surface area contributed by atoms with Gasteiger partial charge in [-0.25, -0.2) is 4.79 Å². The van der Waals surface area contributed by atoms with Crippen molar-refractivity contribution in [2.75, 3.05) is 11.1 Å². The van der Waals surface area contributed by atoms with Crippen molar-refractivity contribution >= 4 is 45.1 Å². The molecule has 4 N–H and O–H groups in total. The topological polar surface area (TPSA) is 129 Å². The SMILES string of the molecule is CC(C)CC(Nc1sc(C(=O)c2ccc(-c3ccccn3)s2)c(N)c1C#N)C(=O)O. The van der Waals surface area contributed by atoms with Crippen LogP contribution in [-0.2, 0) is 4.79 Å². The molecule has 3 aromatic rings. The van der Waals surface area contributed by atoms with E-state index in [1.165, 1.54) is 11.3 Å². The predicted molar refractivity (Wildman–Crippen MR) is 119 cm³/mol. The fraction of sp³-hybridized carbons (Fsp3) is 0.238. The Labute approximate surface area is 181 Å². The van der Waals surface area contributed by atoms with E-state index in [0.717, 1.165) is 21.9 Å². The molecule has 0 spiro atoms. The number of carboxylic acids is 1. The van der Waals surface area contributed by atoms with Gasteiger partial charge >= 0.3 is 5.97 Å². The largest absolute Gasteiger partial charge is 0.480 e. The van der Waals surface area contributed by atoms with Gasteiger partial charge in [0, 0.05) is 6.20 Å². The zero-order chi connectivity index (χ0) is 21.8. The molecule has 0 amide bonds. The molecule has 1 unspecified atom stereocenters. The van der Waals surface area contributed by atoms with Crippen LogP contribution in [-0.4, -0.2) is 27.9 Å². The molecule has 0 aromatic carbocycles. The lowest BCUT2D eigenvalue weighted by Crippen LogP contribution is -2.30. The molecule has 0 radical (unpaired) electrons. The van der Waals surface area contributed by atoms with Crippen LogP contribution in [0.2, 0.25) is 0 Å². The van der Waals surface area contributed by atoms with Gasteiger partial charge in [0.2, 0.25) is 5.78 Å². The summed E-state index contributed by atoms with van der Waals surface area (Å²) < 4.78 is 0. The minimum Gasteiger partial charge on any atom is -0.480 e. The maximum Gasteiger partial charge on any atom is 0.326 e. The molecule has 0 aliphatic heterocycles. The highest BCUT2D eigenvalue weighted by Gasteiger charge is 2.27. The van der Waals surface area contributed by atoms with Crippen molar-refractivity contribution in [3.8, 4) is 16.6 Å². The summed E-state index contributed by atoms with van der Waals surface area (Å²) >= 11 is 2.30. The number of anilines is 2. The third-order valence-electron chi connectivity index (χ3n) is 4.32. The van der Waals surface area contributed by atoms with Crippen molar-refractivity contribution < 1.29 is 14.7 Å². The van der Waals surface area contributed by atoms with E-state index in [1.807, 2.05) is 44.2 Å². The Bertz CT molecular complexity index is 1110. The van der Waals surface area contributed by atoms with Crippen LogP contribution in [0.3, 0.4) is 0 Å². The second-order valence-corrected chi connectivity index (χ2v) is 9.14. The highest BCUT2D eigenvalue weighted by molar-refractivity contribution is 7.21. The first-order valence-electron chi connectivity index (χ1n) is 9.19. The van der Waals surface area contributed by atoms with E-state index in [1.54, 1.807) is 12.3 Å². The van der Waals surface area contributed by atoms with Crippen molar-refractivity contribution in [3.63, 3.8) is 0 Å². The zero-order valence-electron chi connectivity index (χ0n) is 16.4. The van der Waals surface area contributed by atoms with Gasteiger partial charge < -0.3 is 16.2 Å². The van der Waals surface area contributed by atoms with E-state index in [0.29, 0.717) is 16.3 Å². The van der Waals surface area contributed by atoms with Gasteiger partial charge in [0.05, 0.1) is 21.1 Å². The Morgan fingerprint density at radius 1 is 1.27 bits per heavy atom. The summed E-state index contributed by atoms with van der Waals surface area (Å²) in [5.74, 6) is -1.19. The van der Waals surface area contributed by atoms with Gasteiger partial charge in [-0.2, -0.15) is 5.26 Å². The molecule has 154 valence electrons. The molecule has 3 aromatic heterocycles. The number of rotatable bonds is 8. The molecule has 0 saturated carbocycles. The van der Waals surface area contributed by atoms with Crippen LogP contribution in [0.1, 0.15) is 40.4 Å². The van der Waals surface area contributed by atoms with Crippen molar-refractivity contribution in [2.24, 2.45) is 5.92 Å². The Balaban J connectivity index is 1.92. The summed E-state index contributed by atoms with van der Waals surface area (Å²) in [4.78, 5) is 30.5. The fourth-order valence-electron chi connectivity index (χ4n) is 2.89. The molecule has 0 bridgehead atoms. The summed E-state index contributed by atoms with van der Waals surface area (Å²) in [7, 11) is 0. The maximum absolute atomic E-state index is 13.1. The zero-order valence-corrected chi connectivity index (χ0v) is 18.0. The molecule has 0 aliphatic carbocycles. The molecule has 30 heavy (non-hydrogen) atoms. The standard InChI is InChI=1S/C21H20N4O3S2/c1-11(2)9-14(21(27)28)25-20-12(10-22)17(23)19(30-20)18(26)16-7-6-15(29-16)13-5-3-4-8-24-13/h3-8,11,14,25H,9,23H2,1-2H3,(H,27,28). The molecule has 3 rings (SSSR count). The molecule has 0 fully saturated rings. The predicted octanol–water partition coefficient (Wildman–Crippen LogP) is 4.47. The lowest BCUT2D eigenvalue weighted by atomic mass is 10.0. The van der Waals surface area contributed by atoms with E-state index in [2.05, 4.69) is 10.3 Å². The summed E-state index contributed by atoms with van der Waals surface area (Å²) in [6.45, 7) is 3.83. The monoisotopic (exact) mass is 440 g/mol. The number of hydrogen-bond donors (Lipinski definition) is 3. The minimum atomic E-state index is -1.02. The second kappa shape index (κ2) is 9.07. The lowest BCUT2D eigenvalue weighted by Gasteiger charge is -2.16. The first-order valence-corrected chi connectivity index (χ1v) is 10.8. The molecular formula is C21H20N4O3S2. The van der Waals surface area contributed by atoms with Crippen LogP contribution >= 0.6 is 22.7 Å². The van der Waals surface area contributed by atoms with Crippen molar-refractivity contribution in [1.82, 2.24) is 4.98 Å². The second-order valence-electron chi connectivity index (χ2n) is 7.03. The van der Waals surface area contributed by atoms with Crippen molar-refractivity contribution in [1.29, 1.82) is 5.26 Å². The van der Waals surface area contributed by atoms with Crippen LogP contribution in [0.5, 0.6) is 0 Å². The molecule has 1 atom stereocenters. The number of carbonyl (C=O) groups is 2. The average Bonchev–Trinajstić information content (AvgIpc) is 3.32. The third kappa shape index (κ3) is 4.50. The number of nitriles is 1. The quantitative estimate of drug-likeness (QED) is 0.441. The van der Waals surface area contributed by atoms with Gasteiger partial charge in [-0.05, 0) is 36.6 Å². The normalized spacial score (nSPS) is 11.8. The summed E-state index contributed by atoms with van der Waals surface area (Å²) in [5.41, 5.74) is 7.02. The van der Waals surface area contributed by atoms with E-state index in [9.17, 15) is 20.0 Å². The molecule has 0 saturated heterocycles. The van der Waals surface area contributed by atoms with Crippen LogP contribution < -0.4 is 11.1 Å². The molecule has 7 nitrogen and oxygen atoms in total. The fourth-order valence-corrected chi connectivity index (χ4v) is 4.97. The number of carbonyl (C=O) groups excluding carboxylic acids is 1. The van der Waals surface area contributed by atoms with Crippen LogP contribution in [0, 0.1) is 17.2 Å². The number of nitrogens with zero attached hydrogens (tertiary/aromatic N) is 2.